The Kier molecular flexibility index (Phi) is 8.80. The Bertz CT molecular complexity index is 1140. The Morgan fingerprint density at radius 2 is 1.68 bits per heavy atom. The summed E-state index contributed by atoms with van der Waals surface area (Å²) in [6.07, 6.45) is 11.5. The van der Waals surface area contributed by atoms with Gasteiger partial charge in [-0.3, -0.25) is 9.69 Å². The molecule has 0 bridgehead atoms. The van der Waals surface area contributed by atoms with Crippen LogP contribution in [0, 0.1) is 0 Å². The van der Waals surface area contributed by atoms with E-state index in [1.54, 1.807) is 7.11 Å². The number of nitrogens with zero attached hydrogens (tertiary/aromatic N) is 3. The van der Waals surface area contributed by atoms with Crippen LogP contribution in [0.5, 0.6) is 5.75 Å². The minimum atomic E-state index is 0.212. The number of rotatable bonds is 10. The van der Waals surface area contributed by atoms with Gasteiger partial charge in [-0.2, -0.15) is 0 Å². The number of carbonyl (C=O) groups excluding carboxylic acids is 1. The molecule has 2 heterocycles. The van der Waals surface area contributed by atoms with E-state index < -0.39 is 0 Å². The van der Waals surface area contributed by atoms with Gasteiger partial charge in [-0.15, -0.1) is 0 Å². The number of fused-ring (bicyclic) bond motifs is 1. The lowest BCUT2D eigenvalue weighted by Crippen LogP contribution is -2.52. The van der Waals surface area contributed by atoms with Crippen molar-refractivity contribution in [1.29, 1.82) is 0 Å². The van der Waals surface area contributed by atoms with Gasteiger partial charge >= 0.3 is 0 Å². The first-order valence-electron chi connectivity index (χ1n) is 14.2. The molecule has 5 rings (SSSR count). The van der Waals surface area contributed by atoms with Crippen LogP contribution < -0.4 is 9.64 Å². The molecule has 0 radical (unpaired) electrons. The molecule has 1 amide bonds. The lowest BCUT2D eigenvalue weighted by Gasteiger charge is -2.38. The average Bonchev–Trinajstić information content (AvgIpc) is 3.36. The van der Waals surface area contributed by atoms with E-state index in [0.717, 1.165) is 63.4 Å². The molecule has 1 saturated carbocycles. The number of nitrogens with one attached hydrogen (secondary N) is 1. The van der Waals surface area contributed by atoms with E-state index in [9.17, 15) is 4.79 Å². The number of aryl methyl sites for hydroxylation is 1. The number of aromatic nitrogens is 1. The highest BCUT2D eigenvalue weighted by Gasteiger charge is 2.30. The summed E-state index contributed by atoms with van der Waals surface area (Å²) >= 11 is 0. The third-order valence-corrected chi connectivity index (χ3v) is 8.22. The summed E-state index contributed by atoms with van der Waals surface area (Å²) in [7, 11) is 1.70. The molecule has 1 aromatic heterocycles. The zero-order chi connectivity index (χ0) is 25.5. The molecule has 0 atom stereocenters. The van der Waals surface area contributed by atoms with Gasteiger partial charge in [0.15, 0.2) is 0 Å². The van der Waals surface area contributed by atoms with E-state index in [0.29, 0.717) is 6.54 Å². The molecule has 0 spiro atoms. The number of benzene rings is 2. The maximum atomic E-state index is 13.7. The quantitative estimate of drug-likeness (QED) is 0.373. The highest BCUT2D eigenvalue weighted by atomic mass is 16.5. The van der Waals surface area contributed by atoms with E-state index in [-0.39, 0.29) is 11.9 Å². The van der Waals surface area contributed by atoms with Gasteiger partial charge in [-0.1, -0.05) is 49.6 Å². The SMILES string of the molecule is COc1ccccc1N(C(=O)CN1CCN(CCCCc2c[nH]c3ccccc23)CC1)C1CCCCC1. The fraction of sp³-hybridized carbons (Fsp3) is 0.516. The summed E-state index contributed by atoms with van der Waals surface area (Å²) in [4.78, 5) is 24.1. The lowest BCUT2D eigenvalue weighted by atomic mass is 9.93. The Balaban J connectivity index is 1.10. The van der Waals surface area contributed by atoms with Crippen molar-refractivity contribution >= 4 is 22.5 Å². The number of aromatic amines is 1. The molecule has 37 heavy (non-hydrogen) atoms. The number of para-hydroxylation sites is 3. The predicted molar refractivity (Wildman–Crippen MR) is 151 cm³/mol. The molecule has 1 saturated heterocycles. The number of anilines is 1. The van der Waals surface area contributed by atoms with Crippen LogP contribution in [0.25, 0.3) is 10.9 Å². The maximum absolute atomic E-state index is 13.7. The van der Waals surface area contributed by atoms with Crippen LogP contribution in [0.4, 0.5) is 5.69 Å². The van der Waals surface area contributed by atoms with E-state index in [1.807, 2.05) is 24.3 Å². The first kappa shape index (κ1) is 25.8. The second kappa shape index (κ2) is 12.6. The Hall–Kier alpha value is -2.83. The first-order valence-corrected chi connectivity index (χ1v) is 14.2. The Morgan fingerprint density at radius 3 is 2.49 bits per heavy atom. The number of H-pyrrole nitrogens is 1. The average molecular weight is 503 g/mol. The van der Waals surface area contributed by atoms with Crippen LogP contribution in [0.2, 0.25) is 0 Å². The smallest absolute Gasteiger partial charge is 0.241 e. The molecule has 3 aromatic rings. The second-order valence-corrected chi connectivity index (χ2v) is 10.7. The number of unbranched alkanes of at least 4 members (excludes halogenated alkanes) is 1. The van der Waals surface area contributed by atoms with Crippen molar-refractivity contribution < 1.29 is 9.53 Å². The van der Waals surface area contributed by atoms with Gasteiger partial charge in [0.1, 0.15) is 5.75 Å². The van der Waals surface area contributed by atoms with Gasteiger partial charge in [-0.05, 0) is 62.4 Å². The van der Waals surface area contributed by atoms with Crippen molar-refractivity contribution in [3.8, 4) is 5.75 Å². The van der Waals surface area contributed by atoms with Gasteiger partial charge in [0, 0.05) is 49.3 Å². The number of hydrogen-bond acceptors (Lipinski definition) is 4. The van der Waals surface area contributed by atoms with Gasteiger partial charge < -0.3 is 19.5 Å². The van der Waals surface area contributed by atoms with Crippen LogP contribution in [0.15, 0.2) is 54.7 Å². The van der Waals surface area contributed by atoms with Crippen molar-refractivity contribution in [1.82, 2.24) is 14.8 Å². The van der Waals surface area contributed by atoms with Crippen molar-refractivity contribution in [2.75, 3.05) is 51.3 Å². The fourth-order valence-corrected chi connectivity index (χ4v) is 6.13. The molecular weight excluding hydrogens is 460 g/mol. The molecule has 198 valence electrons. The van der Waals surface area contributed by atoms with Crippen LogP contribution in [0.3, 0.4) is 0 Å². The highest BCUT2D eigenvalue weighted by Crippen LogP contribution is 2.34. The van der Waals surface area contributed by atoms with E-state index in [1.165, 1.54) is 48.6 Å². The Labute approximate surface area is 221 Å². The summed E-state index contributed by atoms with van der Waals surface area (Å²) in [5, 5.41) is 1.36. The predicted octanol–water partition coefficient (Wildman–Crippen LogP) is 5.48. The molecule has 0 unspecified atom stereocenters. The summed E-state index contributed by atoms with van der Waals surface area (Å²) in [6, 6.07) is 16.8. The zero-order valence-corrected chi connectivity index (χ0v) is 22.3. The van der Waals surface area contributed by atoms with Gasteiger partial charge in [0.25, 0.3) is 0 Å². The highest BCUT2D eigenvalue weighted by molar-refractivity contribution is 5.96. The van der Waals surface area contributed by atoms with Crippen LogP contribution in [-0.2, 0) is 11.2 Å². The van der Waals surface area contributed by atoms with Crippen molar-refractivity contribution in [3.63, 3.8) is 0 Å². The molecule has 1 aliphatic heterocycles. The first-order chi connectivity index (χ1) is 18.2. The topological polar surface area (TPSA) is 51.8 Å². The molecule has 1 N–H and O–H groups in total. The summed E-state index contributed by atoms with van der Waals surface area (Å²) in [5.41, 5.74) is 3.59. The van der Waals surface area contributed by atoms with E-state index in [2.05, 4.69) is 50.1 Å². The maximum Gasteiger partial charge on any atom is 0.241 e. The molecule has 2 fully saturated rings. The largest absolute Gasteiger partial charge is 0.495 e. The zero-order valence-electron chi connectivity index (χ0n) is 22.3. The number of piperazine rings is 1. The number of amides is 1. The number of carbonyl (C=O) groups is 1. The standard InChI is InChI=1S/C31H42N4O2/c1-37-30-17-8-7-16-29(30)35(26-12-3-2-4-13-26)31(36)24-34-21-19-33(20-22-34)18-10-9-11-25-23-32-28-15-6-5-14-27(25)28/h5-8,14-17,23,26,32H,2-4,9-13,18-22,24H2,1H3. The van der Waals surface area contributed by atoms with E-state index in [4.69, 9.17) is 4.74 Å². The number of ether oxygens (including phenoxy) is 1. The summed E-state index contributed by atoms with van der Waals surface area (Å²) < 4.78 is 5.65. The lowest BCUT2D eigenvalue weighted by molar-refractivity contribution is -0.120. The molecule has 6 heteroatoms. The number of hydrogen-bond donors (Lipinski definition) is 1. The summed E-state index contributed by atoms with van der Waals surface area (Å²) in [5.74, 6) is 1.00. The number of methoxy groups -OCH3 is 1. The third kappa shape index (κ3) is 6.36. The second-order valence-electron chi connectivity index (χ2n) is 10.7. The van der Waals surface area contributed by atoms with Gasteiger partial charge in [0.05, 0.1) is 19.3 Å². The molecular formula is C31H42N4O2. The van der Waals surface area contributed by atoms with Crippen molar-refractivity contribution in [3.05, 3.63) is 60.3 Å². The fourth-order valence-electron chi connectivity index (χ4n) is 6.13. The van der Waals surface area contributed by atoms with Crippen LogP contribution >= 0.6 is 0 Å². The molecule has 1 aliphatic carbocycles. The third-order valence-electron chi connectivity index (χ3n) is 8.22. The van der Waals surface area contributed by atoms with Gasteiger partial charge in [0.2, 0.25) is 5.91 Å². The minimum Gasteiger partial charge on any atom is -0.495 e. The van der Waals surface area contributed by atoms with E-state index >= 15 is 0 Å². The van der Waals surface area contributed by atoms with Crippen LogP contribution in [0.1, 0.15) is 50.5 Å². The van der Waals surface area contributed by atoms with Gasteiger partial charge in [-0.25, -0.2) is 0 Å². The normalized spacial score (nSPS) is 17.8. The molecule has 6 nitrogen and oxygen atoms in total. The van der Waals surface area contributed by atoms with Crippen LogP contribution in [-0.4, -0.2) is 73.1 Å². The molecule has 2 aromatic carbocycles. The van der Waals surface area contributed by atoms with Crippen molar-refractivity contribution in [2.24, 2.45) is 0 Å². The monoisotopic (exact) mass is 502 g/mol. The Morgan fingerprint density at radius 1 is 0.946 bits per heavy atom. The molecule has 2 aliphatic rings. The van der Waals surface area contributed by atoms with Crippen molar-refractivity contribution in [2.45, 2.75) is 57.4 Å². The minimum absolute atomic E-state index is 0.212. The summed E-state index contributed by atoms with van der Waals surface area (Å²) in [6.45, 7) is 5.62.